The molecule has 0 saturated carbocycles. The first-order valence-electron chi connectivity index (χ1n) is 7.17. The van der Waals surface area contributed by atoms with Crippen LogP contribution in [0.4, 0.5) is 17.2 Å². The molecule has 0 aliphatic rings. The third kappa shape index (κ3) is 3.88. The fourth-order valence-electron chi connectivity index (χ4n) is 1.97. The summed E-state index contributed by atoms with van der Waals surface area (Å²) in [6.07, 6.45) is 0. The lowest BCUT2D eigenvalue weighted by Gasteiger charge is -2.19. The molecule has 0 unspecified atom stereocenters. The number of benzene rings is 1. The Labute approximate surface area is 126 Å². The lowest BCUT2D eigenvalue weighted by molar-refractivity contribution is 0.329. The van der Waals surface area contributed by atoms with Gasteiger partial charge in [-0.15, -0.1) is 0 Å². The predicted molar refractivity (Wildman–Crippen MR) is 88.2 cm³/mol. The minimum absolute atomic E-state index is 0.153. The Bertz CT molecular complexity index is 600. The zero-order valence-corrected chi connectivity index (χ0v) is 13.1. The van der Waals surface area contributed by atoms with Gasteiger partial charge in [0, 0.05) is 5.69 Å². The van der Waals surface area contributed by atoms with Crippen molar-refractivity contribution < 1.29 is 4.74 Å². The Morgan fingerprint density at radius 1 is 1.10 bits per heavy atom. The molecule has 21 heavy (non-hydrogen) atoms. The molecular formula is C17H23N3O. The van der Waals surface area contributed by atoms with E-state index in [2.05, 4.69) is 55.3 Å². The van der Waals surface area contributed by atoms with Crippen LogP contribution in [0.2, 0.25) is 0 Å². The SMILES string of the molecule is CCOc1nc(Nc2ccc(C(C)(C)C)cc2)ccc1N. The lowest BCUT2D eigenvalue weighted by Crippen LogP contribution is -2.10. The summed E-state index contributed by atoms with van der Waals surface area (Å²) in [5.74, 6) is 1.19. The molecule has 2 aromatic rings. The summed E-state index contributed by atoms with van der Waals surface area (Å²) in [6, 6.07) is 12.0. The molecule has 0 spiro atoms. The Kier molecular flexibility index (Phi) is 4.36. The largest absolute Gasteiger partial charge is 0.476 e. The Morgan fingerprint density at radius 2 is 1.76 bits per heavy atom. The van der Waals surface area contributed by atoms with Crippen molar-refractivity contribution in [2.75, 3.05) is 17.7 Å². The third-order valence-electron chi connectivity index (χ3n) is 3.19. The number of nitrogens with zero attached hydrogens (tertiary/aromatic N) is 1. The van der Waals surface area contributed by atoms with Crippen LogP contribution in [0.5, 0.6) is 5.88 Å². The van der Waals surface area contributed by atoms with Crippen LogP contribution >= 0.6 is 0 Å². The fraction of sp³-hybridized carbons (Fsp3) is 0.353. The zero-order chi connectivity index (χ0) is 15.5. The molecule has 0 saturated heterocycles. The summed E-state index contributed by atoms with van der Waals surface area (Å²) < 4.78 is 5.40. The number of anilines is 3. The molecule has 0 aliphatic heterocycles. The molecule has 0 atom stereocenters. The zero-order valence-electron chi connectivity index (χ0n) is 13.1. The highest BCUT2D eigenvalue weighted by molar-refractivity contribution is 5.61. The normalized spacial score (nSPS) is 11.2. The number of nitrogen functional groups attached to an aromatic ring is 1. The van der Waals surface area contributed by atoms with Crippen LogP contribution in [0.1, 0.15) is 33.3 Å². The smallest absolute Gasteiger partial charge is 0.239 e. The van der Waals surface area contributed by atoms with Gasteiger partial charge in [0.2, 0.25) is 5.88 Å². The second kappa shape index (κ2) is 6.04. The van der Waals surface area contributed by atoms with Gasteiger partial charge in [-0.1, -0.05) is 32.9 Å². The number of pyridine rings is 1. The average molecular weight is 285 g/mol. The van der Waals surface area contributed by atoms with Crippen molar-refractivity contribution in [2.24, 2.45) is 0 Å². The van der Waals surface area contributed by atoms with Crippen molar-refractivity contribution in [3.63, 3.8) is 0 Å². The van der Waals surface area contributed by atoms with E-state index < -0.39 is 0 Å². The minimum Gasteiger partial charge on any atom is -0.476 e. The van der Waals surface area contributed by atoms with E-state index in [4.69, 9.17) is 10.5 Å². The maximum atomic E-state index is 5.82. The Balaban J connectivity index is 2.16. The van der Waals surface area contributed by atoms with Crippen molar-refractivity contribution in [3.8, 4) is 5.88 Å². The highest BCUT2D eigenvalue weighted by Gasteiger charge is 2.13. The molecule has 0 aliphatic carbocycles. The van der Waals surface area contributed by atoms with Crippen LogP contribution in [-0.4, -0.2) is 11.6 Å². The van der Waals surface area contributed by atoms with Gasteiger partial charge >= 0.3 is 0 Å². The molecule has 4 nitrogen and oxygen atoms in total. The van der Waals surface area contributed by atoms with Gasteiger partial charge in [0.05, 0.1) is 12.3 Å². The highest BCUT2D eigenvalue weighted by Crippen LogP contribution is 2.26. The molecule has 1 aromatic carbocycles. The van der Waals surface area contributed by atoms with Gasteiger partial charge < -0.3 is 15.8 Å². The number of hydrogen-bond donors (Lipinski definition) is 2. The van der Waals surface area contributed by atoms with Crippen LogP contribution in [0.15, 0.2) is 36.4 Å². The van der Waals surface area contributed by atoms with E-state index >= 15 is 0 Å². The number of ether oxygens (including phenoxy) is 1. The fourth-order valence-corrected chi connectivity index (χ4v) is 1.97. The quantitative estimate of drug-likeness (QED) is 0.887. The van der Waals surface area contributed by atoms with E-state index in [9.17, 15) is 0 Å². The number of hydrogen-bond acceptors (Lipinski definition) is 4. The Hall–Kier alpha value is -2.23. The van der Waals surface area contributed by atoms with E-state index in [1.54, 1.807) is 6.07 Å². The van der Waals surface area contributed by atoms with Gasteiger partial charge in [-0.3, -0.25) is 0 Å². The monoisotopic (exact) mass is 285 g/mol. The van der Waals surface area contributed by atoms with Crippen molar-refractivity contribution >= 4 is 17.2 Å². The molecular weight excluding hydrogens is 262 g/mol. The first-order chi connectivity index (χ1) is 9.90. The van der Waals surface area contributed by atoms with Crippen molar-refractivity contribution in [2.45, 2.75) is 33.1 Å². The summed E-state index contributed by atoms with van der Waals surface area (Å²) in [5.41, 5.74) is 8.81. The van der Waals surface area contributed by atoms with Gasteiger partial charge in [-0.05, 0) is 42.2 Å². The van der Waals surface area contributed by atoms with Gasteiger partial charge in [0.1, 0.15) is 5.82 Å². The second-order valence-corrected chi connectivity index (χ2v) is 5.98. The molecule has 2 rings (SSSR count). The summed E-state index contributed by atoms with van der Waals surface area (Å²) in [7, 11) is 0. The molecule has 0 fully saturated rings. The minimum atomic E-state index is 0.153. The standard InChI is InChI=1S/C17H23N3O/c1-5-21-16-14(18)10-11-15(20-16)19-13-8-6-12(7-9-13)17(2,3)4/h6-11H,5,18H2,1-4H3,(H,19,20). The van der Waals surface area contributed by atoms with Gasteiger partial charge in [0.25, 0.3) is 0 Å². The van der Waals surface area contributed by atoms with Crippen LogP contribution in [0.25, 0.3) is 0 Å². The van der Waals surface area contributed by atoms with E-state index in [-0.39, 0.29) is 5.41 Å². The van der Waals surface area contributed by atoms with Crippen LogP contribution in [0.3, 0.4) is 0 Å². The molecule has 1 aromatic heterocycles. The van der Waals surface area contributed by atoms with E-state index in [0.29, 0.717) is 18.2 Å². The molecule has 0 amide bonds. The van der Waals surface area contributed by atoms with Gasteiger partial charge in [0.15, 0.2) is 0 Å². The van der Waals surface area contributed by atoms with Crippen LogP contribution < -0.4 is 15.8 Å². The second-order valence-electron chi connectivity index (χ2n) is 5.98. The molecule has 0 bridgehead atoms. The molecule has 4 heteroatoms. The topological polar surface area (TPSA) is 60.2 Å². The van der Waals surface area contributed by atoms with E-state index in [1.807, 2.05) is 13.0 Å². The van der Waals surface area contributed by atoms with Crippen molar-refractivity contribution in [1.82, 2.24) is 4.98 Å². The number of aromatic nitrogens is 1. The Morgan fingerprint density at radius 3 is 2.33 bits per heavy atom. The summed E-state index contributed by atoms with van der Waals surface area (Å²) in [6.45, 7) is 9.05. The van der Waals surface area contributed by atoms with Crippen molar-refractivity contribution in [1.29, 1.82) is 0 Å². The number of nitrogens with one attached hydrogen (secondary N) is 1. The van der Waals surface area contributed by atoms with Gasteiger partial charge in [-0.2, -0.15) is 4.98 Å². The molecule has 3 N–H and O–H groups in total. The summed E-state index contributed by atoms with van der Waals surface area (Å²) >= 11 is 0. The lowest BCUT2D eigenvalue weighted by atomic mass is 9.87. The number of rotatable bonds is 4. The predicted octanol–water partition coefficient (Wildman–Crippen LogP) is 4.10. The first kappa shape index (κ1) is 15.2. The van der Waals surface area contributed by atoms with E-state index in [1.165, 1.54) is 5.56 Å². The van der Waals surface area contributed by atoms with Gasteiger partial charge in [-0.25, -0.2) is 0 Å². The summed E-state index contributed by atoms with van der Waals surface area (Å²) in [5, 5.41) is 3.26. The van der Waals surface area contributed by atoms with Crippen molar-refractivity contribution in [3.05, 3.63) is 42.0 Å². The first-order valence-corrected chi connectivity index (χ1v) is 7.17. The molecule has 1 heterocycles. The maximum absolute atomic E-state index is 5.82. The molecule has 0 radical (unpaired) electrons. The third-order valence-corrected chi connectivity index (χ3v) is 3.19. The highest BCUT2D eigenvalue weighted by atomic mass is 16.5. The summed E-state index contributed by atoms with van der Waals surface area (Å²) in [4.78, 5) is 4.37. The average Bonchev–Trinajstić information content (AvgIpc) is 2.42. The number of nitrogens with two attached hydrogens (primary N) is 1. The van der Waals surface area contributed by atoms with Crippen LogP contribution in [0, 0.1) is 0 Å². The van der Waals surface area contributed by atoms with Crippen LogP contribution in [-0.2, 0) is 5.41 Å². The maximum Gasteiger partial charge on any atom is 0.239 e. The van der Waals surface area contributed by atoms with E-state index in [0.717, 1.165) is 11.5 Å². The molecule has 112 valence electrons.